The largest absolute Gasteiger partial charge is 0.396 e. The number of carbonyl (C=O) groups excluding carboxylic acids is 1. The Hall–Kier alpha value is -2.34. The van der Waals surface area contributed by atoms with Crippen LogP contribution in [0.15, 0.2) is 24.4 Å². The first kappa shape index (κ1) is 19.4. The summed E-state index contributed by atoms with van der Waals surface area (Å²) in [7, 11) is 1.92. The van der Waals surface area contributed by atoms with Crippen LogP contribution in [0.2, 0.25) is 0 Å². The quantitative estimate of drug-likeness (QED) is 0.772. The number of nitrogens with zero attached hydrogens (tertiary/aromatic N) is 4. The topological polar surface area (TPSA) is 79.2 Å². The number of hydrogen-bond donors (Lipinski definition) is 1. The first-order chi connectivity index (χ1) is 12.9. The molecule has 1 aliphatic rings. The molecule has 144 valence electrons. The number of aromatic nitrogens is 3. The first-order valence-corrected chi connectivity index (χ1v) is 9.54. The maximum Gasteiger partial charge on any atom is 0.180 e. The highest BCUT2D eigenvalue weighted by Crippen LogP contribution is 2.31. The van der Waals surface area contributed by atoms with Gasteiger partial charge in [-0.25, -0.2) is 9.97 Å². The van der Waals surface area contributed by atoms with Gasteiger partial charge in [0.2, 0.25) is 0 Å². The number of aliphatic hydroxyl groups excluding tert-OH is 1. The number of carbonyl (C=O) groups is 1. The molecule has 2 aromatic heterocycles. The van der Waals surface area contributed by atoms with Crippen LogP contribution in [0.3, 0.4) is 0 Å². The van der Waals surface area contributed by atoms with Gasteiger partial charge >= 0.3 is 0 Å². The summed E-state index contributed by atoms with van der Waals surface area (Å²) in [4.78, 5) is 28.4. The Morgan fingerprint density at radius 1 is 1.26 bits per heavy atom. The van der Waals surface area contributed by atoms with E-state index in [0.29, 0.717) is 25.2 Å². The van der Waals surface area contributed by atoms with Crippen molar-refractivity contribution < 1.29 is 9.90 Å². The Kier molecular flexibility index (Phi) is 5.85. The zero-order valence-electron chi connectivity index (χ0n) is 16.4. The highest BCUT2D eigenvalue weighted by Gasteiger charge is 2.25. The second kappa shape index (κ2) is 8.13. The molecule has 0 radical (unpaired) electrons. The minimum atomic E-state index is -0.195. The minimum Gasteiger partial charge on any atom is -0.396 e. The Bertz CT molecular complexity index is 805. The van der Waals surface area contributed by atoms with Gasteiger partial charge in [-0.2, -0.15) is 0 Å². The van der Waals surface area contributed by atoms with Gasteiger partial charge in [-0.15, -0.1) is 0 Å². The fraction of sp³-hybridized carbons (Fsp3) is 0.524. The van der Waals surface area contributed by atoms with Crippen molar-refractivity contribution >= 4 is 11.6 Å². The second-order valence-electron chi connectivity index (χ2n) is 8.07. The molecule has 0 amide bonds. The van der Waals surface area contributed by atoms with Crippen molar-refractivity contribution in [1.82, 2.24) is 15.0 Å². The highest BCUT2D eigenvalue weighted by molar-refractivity contribution is 5.84. The summed E-state index contributed by atoms with van der Waals surface area (Å²) in [6, 6.07) is 5.70. The Balaban J connectivity index is 1.83. The molecule has 0 fully saturated rings. The van der Waals surface area contributed by atoms with E-state index in [0.717, 1.165) is 42.0 Å². The number of pyridine rings is 1. The van der Waals surface area contributed by atoms with Crippen LogP contribution in [0.25, 0.3) is 11.5 Å². The molecule has 2 aromatic rings. The molecular weight excluding hydrogens is 340 g/mol. The van der Waals surface area contributed by atoms with Gasteiger partial charge in [-0.3, -0.25) is 9.78 Å². The molecule has 3 rings (SSSR count). The summed E-state index contributed by atoms with van der Waals surface area (Å²) >= 11 is 0. The lowest BCUT2D eigenvalue weighted by atomic mass is 9.84. The zero-order chi connectivity index (χ0) is 19.4. The molecule has 0 saturated carbocycles. The van der Waals surface area contributed by atoms with Crippen molar-refractivity contribution in [3.63, 3.8) is 0 Å². The van der Waals surface area contributed by atoms with E-state index in [1.165, 1.54) is 0 Å². The second-order valence-corrected chi connectivity index (χ2v) is 8.07. The number of aliphatic hydroxyl groups is 1. The maximum atomic E-state index is 12.6. The maximum absolute atomic E-state index is 12.6. The summed E-state index contributed by atoms with van der Waals surface area (Å²) in [5, 5.41) is 9.17. The first-order valence-electron chi connectivity index (χ1n) is 9.54. The standard InChI is InChI=1S/C21H28N4O2/c1-21(2,10-12-26)13-15(27)14-25(3)20-16-7-6-9-17(16)23-19(24-20)18-8-4-5-11-22-18/h4-5,8,11,26H,6-7,9-10,12-14H2,1-3H3. The molecule has 0 spiro atoms. The molecule has 0 bridgehead atoms. The lowest BCUT2D eigenvalue weighted by molar-refractivity contribution is -0.119. The third-order valence-electron chi connectivity index (χ3n) is 5.04. The van der Waals surface area contributed by atoms with Crippen LogP contribution in [0.4, 0.5) is 5.82 Å². The predicted molar refractivity (Wildman–Crippen MR) is 106 cm³/mol. The Morgan fingerprint density at radius 2 is 2.07 bits per heavy atom. The van der Waals surface area contributed by atoms with Gasteiger partial charge < -0.3 is 10.0 Å². The Labute approximate surface area is 160 Å². The van der Waals surface area contributed by atoms with E-state index in [2.05, 4.69) is 4.98 Å². The van der Waals surface area contributed by atoms with E-state index in [4.69, 9.17) is 9.97 Å². The number of rotatable bonds is 8. The van der Waals surface area contributed by atoms with E-state index in [-0.39, 0.29) is 17.8 Å². The zero-order valence-corrected chi connectivity index (χ0v) is 16.4. The lowest BCUT2D eigenvalue weighted by Gasteiger charge is -2.25. The molecule has 0 atom stereocenters. The van der Waals surface area contributed by atoms with Gasteiger partial charge in [0, 0.05) is 37.5 Å². The van der Waals surface area contributed by atoms with Crippen molar-refractivity contribution in [3.8, 4) is 11.5 Å². The number of anilines is 1. The monoisotopic (exact) mass is 368 g/mol. The fourth-order valence-corrected chi connectivity index (χ4v) is 3.66. The third kappa shape index (κ3) is 4.69. The average Bonchev–Trinajstić information content (AvgIpc) is 3.09. The smallest absolute Gasteiger partial charge is 0.180 e. The minimum absolute atomic E-state index is 0.100. The molecule has 27 heavy (non-hydrogen) atoms. The molecule has 6 nitrogen and oxygen atoms in total. The predicted octanol–water partition coefficient (Wildman–Crippen LogP) is 2.83. The number of likely N-dealkylation sites (N-methyl/N-ethyl adjacent to an activating group) is 1. The molecule has 0 aliphatic heterocycles. The van der Waals surface area contributed by atoms with Crippen LogP contribution in [-0.4, -0.2) is 46.0 Å². The fourth-order valence-electron chi connectivity index (χ4n) is 3.66. The van der Waals surface area contributed by atoms with Crippen molar-refractivity contribution in [2.75, 3.05) is 25.1 Å². The van der Waals surface area contributed by atoms with Crippen LogP contribution in [0.1, 0.15) is 44.4 Å². The molecule has 6 heteroatoms. The van der Waals surface area contributed by atoms with Gasteiger partial charge in [-0.1, -0.05) is 19.9 Å². The number of Topliss-reactive ketones (excluding diaryl/α,β-unsaturated/α-hetero) is 1. The number of aryl methyl sites for hydroxylation is 1. The van der Waals surface area contributed by atoms with Gasteiger partial charge in [0.15, 0.2) is 11.6 Å². The normalized spacial score (nSPS) is 13.5. The van der Waals surface area contributed by atoms with Crippen molar-refractivity contribution in [2.24, 2.45) is 5.41 Å². The van der Waals surface area contributed by atoms with E-state index in [9.17, 15) is 9.90 Å². The Morgan fingerprint density at radius 3 is 2.78 bits per heavy atom. The molecular formula is C21H28N4O2. The van der Waals surface area contributed by atoms with Crippen LogP contribution >= 0.6 is 0 Å². The molecule has 1 aliphatic carbocycles. The molecule has 2 heterocycles. The van der Waals surface area contributed by atoms with Gasteiger partial charge in [0.05, 0.1) is 6.54 Å². The van der Waals surface area contributed by atoms with Crippen LogP contribution in [0.5, 0.6) is 0 Å². The summed E-state index contributed by atoms with van der Waals surface area (Å²) in [5.41, 5.74) is 2.77. The highest BCUT2D eigenvalue weighted by atomic mass is 16.3. The summed E-state index contributed by atoms with van der Waals surface area (Å²) in [5.74, 6) is 1.61. The van der Waals surface area contributed by atoms with E-state index in [1.807, 2.05) is 44.0 Å². The summed E-state index contributed by atoms with van der Waals surface area (Å²) in [6.07, 6.45) is 5.75. The molecule has 1 N–H and O–H groups in total. The molecule has 0 saturated heterocycles. The van der Waals surface area contributed by atoms with Crippen molar-refractivity contribution in [1.29, 1.82) is 0 Å². The SMILES string of the molecule is CN(CC(=O)CC(C)(C)CCO)c1nc(-c2ccccn2)nc2c1CCC2. The molecule has 0 unspecified atom stereocenters. The van der Waals surface area contributed by atoms with E-state index < -0.39 is 0 Å². The van der Waals surface area contributed by atoms with Crippen LogP contribution in [0, 0.1) is 5.41 Å². The lowest BCUT2D eigenvalue weighted by Crippen LogP contribution is -2.31. The van der Waals surface area contributed by atoms with Crippen LogP contribution < -0.4 is 4.90 Å². The third-order valence-corrected chi connectivity index (χ3v) is 5.04. The summed E-state index contributed by atoms with van der Waals surface area (Å²) < 4.78 is 0. The van der Waals surface area contributed by atoms with Gasteiger partial charge in [0.25, 0.3) is 0 Å². The number of hydrogen-bond acceptors (Lipinski definition) is 6. The number of ketones is 1. The van der Waals surface area contributed by atoms with Crippen molar-refractivity contribution in [3.05, 3.63) is 35.7 Å². The summed E-state index contributed by atoms with van der Waals surface area (Å²) in [6.45, 7) is 4.44. The van der Waals surface area contributed by atoms with E-state index in [1.54, 1.807) is 6.20 Å². The number of fused-ring (bicyclic) bond motifs is 1. The van der Waals surface area contributed by atoms with E-state index >= 15 is 0 Å². The average molecular weight is 368 g/mol. The van der Waals surface area contributed by atoms with Gasteiger partial charge in [-0.05, 0) is 43.2 Å². The molecule has 0 aromatic carbocycles. The van der Waals surface area contributed by atoms with Crippen molar-refractivity contribution in [2.45, 2.75) is 46.0 Å². The van der Waals surface area contributed by atoms with Crippen LogP contribution in [-0.2, 0) is 17.6 Å². The van der Waals surface area contributed by atoms with Gasteiger partial charge in [0.1, 0.15) is 11.5 Å².